The molecule has 0 aliphatic carbocycles. The van der Waals surface area contributed by atoms with Crippen LogP contribution < -0.4 is 10.6 Å². The highest BCUT2D eigenvalue weighted by Gasteiger charge is 2.16. The summed E-state index contributed by atoms with van der Waals surface area (Å²) < 4.78 is 10.2. The molecule has 0 bridgehead atoms. The molecule has 6 heteroatoms. The molecule has 25 heavy (non-hydrogen) atoms. The third-order valence-electron chi connectivity index (χ3n) is 4.65. The largest absolute Gasteiger partial charge is 0.397 e. The molecular weight excluding hydrogens is 318 g/mol. The van der Waals surface area contributed by atoms with E-state index in [2.05, 4.69) is 17.0 Å². The van der Waals surface area contributed by atoms with E-state index in [0.717, 1.165) is 30.0 Å². The van der Waals surface area contributed by atoms with Crippen molar-refractivity contribution in [3.05, 3.63) is 23.8 Å². The van der Waals surface area contributed by atoms with Gasteiger partial charge in [0.25, 0.3) is 0 Å². The number of nitrogens with zero attached hydrogens (tertiary/aromatic N) is 2. The highest BCUT2D eigenvalue weighted by atomic mass is 16.5. The lowest BCUT2D eigenvalue weighted by Gasteiger charge is -2.22. The van der Waals surface area contributed by atoms with Gasteiger partial charge in [0.1, 0.15) is 0 Å². The molecule has 1 aliphatic rings. The Balaban J connectivity index is 1.89. The Labute approximate surface area is 150 Å². The van der Waals surface area contributed by atoms with Crippen molar-refractivity contribution >= 4 is 17.3 Å². The average molecular weight is 349 g/mol. The highest BCUT2D eigenvalue weighted by molar-refractivity contribution is 5.76. The molecule has 0 aromatic heterocycles. The van der Waals surface area contributed by atoms with Crippen LogP contribution in [0.5, 0.6) is 0 Å². The lowest BCUT2D eigenvalue weighted by molar-refractivity contribution is -0.132. The quantitative estimate of drug-likeness (QED) is 0.654. The van der Waals surface area contributed by atoms with Gasteiger partial charge >= 0.3 is 0 Å². The van der Waals surface area contributed by atoms with Crippen LogP contribution in [0.4, 0.5) is 11.4 Å². The van der Waals surface area contributed by atoms with E-state index in [1.165, 1.54) is 12.8 Å². The summed E-state index contributed by atoms with van der Waals surface area (Å²) in [7, 11) is 3.29. The second-order valence-electron chi connectivity index (χ2n) is 6.45. The van der Waals surface area contributed by atoms with E-state index in [0.29, 0.717) is 39.1 Å². The van der Waals surface area contributed by atoms with E-state index in [9.17, 15) is 4.79 Å². The zero-order valence-corrected chi connectivity index (χ0v) is 15.5. The molecule has 0 radical (unpaired) electrons. The second kappa shape index (κ2) is 10.3. The predicted molar refractivity (Wildman–Crippen MR) is 101 cm³/mol. The van der Waals surface area contributed by atoms with E-state index in [1.54, 1.807) is 19.1 Å². The van der Waals surface area contributed by atoms with E-state index in [1.807, 2.05) is 6.07 Å². The van der Waals surface area contributed by atoms with Gasteiger partial charge in [-0.3, -0.25) is 4.79 Å². The Morgan fingerprint density at radius 1 is 1.16 bits per heavy atom. The maximum atomic E-state index is 12.5. The highest BCUT2D eigenvalue weighted by Crippen LogP contribution is 2.28. The van der Waals surface area contributed by atoms with E-state index >= 15 is 0 Å². The van der Waals surface area contributed by atoms with Crippen LogP contribution in [-0.2, 0) is 20.7 Å². The number of aryl methyl sites for hydroxylation is 1. The SMILES string of the molecule is COCCN(CCOC)C(=O)CCc1ccc(N2CCCC2)c(N)c1. The summed E-state index contributed by atoms with van der Waals surface area (Å²) >= 11 is 0. The minimum atomic E-state index is 0.122. The summed E-state index contributed by atoms with van der Waals surface area (Å²) in [6.07, 6.45) is 3.62. The van der Waals surface area contributed by atoms with Gasteiger partial charge in [-0.15, -0.1) is 0 Å². The van der Waals surface area contributed by atoms with Crippen molar-refractivity contribution in [3.8, 4) is 0 Å². The minimum Gasteiger partial charge on any atom is -0.397 e. The van der Waals surface area contributed by atoms with Crippen LogP contribution in [0.2, 0.25) is 0 Å². The summed E-state index contributed by atoms with van der Waals surface area (Å²) in [5, 5.41) is 0. The molecule has 0 unspecified atom stereocenters. The molecular formula is C19H31N3O3. The van der Waals surface area contributed by atoms with Crippen LogP contribution in [0.1, 0.15) is 24.8 Å². The fourth-order valence-electron chi connectivity index (χ4n) is 3.18. The number of rotatable bonds is 10. The van der Waals surface area contributed by atoms with Crippen molar-refractivity contribution in [3.63, 3.8) is 0 Å². The number of amides is 1. The number of anilines is 2. The standard InChI is InChI=1S/C19H31N3O3/c1-24-13-11-22(12-14-25-2)19(23)8-6-16-5-7-18(17(20)15-16)21-9-3-4-10-21/h5,7,15H,3-4,6,8-14,20H2,1-2H3. The van der Waals surface area contributed by atoms with Gasteiger partial charge in [-0.25, -0.2) is 0 Å². The number of carbonyl (C=O) groups is 1. The molecule has 1 saturated heterocycles. The molecule has 1 aromatic carbocycles. The molecule has 0 spiro atoms. The van der Waals surface area contributed by atoms with Crippen molar-refractivity contribution in [2.75, 3.05) is 64.2 Å². The predicted octanol–water partition coefficient (Wildman–Crippen LogP) is 1.92. The number of carbonyl (C=O) groups excluding carboxylic acids is 1. The summed E-state index contributed by atoms with van der Waals surface area (Å²) in [6, 6.07) is 6.19. The van der Waals surface area contributed by atoms with Gasteiger partial charge in [0, 0.05) is 46.8 Å². The monoisotopic (exact) mass is 349 g/mol. The van der Waals surface area contributed by atoms with Crippen LogP contribution in [0.3, 0.4) is 0 Å². The number of hydrogen-bond acceptors (Lipinski definition) is 5. The van der Waals surface area contributed by atoms with E-state index in [-0.39, 0.29) is 5.91 Å². The van der Waals surface area contributed by atoms with Crippen molar-refractivity contribution in [1.82, 2.24) is 4.90 Å². The molecule has 0 saturated carbocycles. The fraction of sp³-hybridized carbons (Fsp3) is 0.632. The first-order valence-electron chi connectivity index (χ1n) is 9.04. The number of nitrogens with two attached hydrogens (primary N) is 1. The molecule has 6 nitrogen and oxygen atoms in total. The lowest BCUT2D eigenvalue weighted by atomic mass is 10.1. The van der Waals surface area contributed by atoms with Gasteiger partial charge in [0.05, 0.1) is 24.6 Å². The van der Waals surface area contributed by atoms with Crippen LogP contribution >= 0.6 is 0 Å². The van der Waals surface area contributed by atoms with Gasteiger partial charge in [-0.05, 0) is 37.0 Å². The third-order valence-corrected chi connectivity index (χ3v) is 4.65. The molecule has 1 heterocycles. The zero-order chi connectivity index (χ0) is 18.1. The number of benzene rings is 1. The molecule has 0 atom stereocenters. The molecule has 2 rings (SSSR count). The van der Waals surface area contributed by atoms with Crippen LogP contribution in [0.25, 0.3) is 0 Å². The van der Waals surface area contributed by atoms with Crippen molar-refractivity contribution in [2.45, 2.75) is 25.7 Å². The Morgan fingerprint density at radius 3 is 2.36 bits per heavy atom. The fourth-order valence-corrected chi connectivity index (χ4v) is 3.18. The normalized spacial score (nSPS) is 14.1. The molecule has 1 aromatic rings. The minimum absolute atomic E-state index is 0.122. The van der Waals surface area contributed by atoms with Gasteiger partial charge < -0.3 is 25.0 Å². The first kappa shape index (κ1) is 19.5. The third kappa shape index (κ3) is 5.90. The van der Waals surface area contributed by atoms with Crippen molar-refractivity contribution in [2.24, 2.45) is 0 Å². The summed E-state index contributed by atoms with van der Waals surface area (Å²) in [5.41, 5.74) is 9.26. The van der Waals surface area contributed by atoms with Crippen molar-refractivity contribution < 1.29 is 14.3 Å². The van der Waals surface area contributed by atoms with Gasteiger partial charge in [0.15, 0.2) is 0 Å². The number of hydrogen-bond donors (Lipinski definition) is 1. The Bertz CT molecular complexity index is 537. The first-order valence-corrected chi connectivity index (χ1v) is 9.04. The number of nitrogen functional groups attached to an aromatic ring is 1. The number of methoxy groups -OCH3 is 2. The van der Waals surface area contributed by atoms with E-state index in [4.69, 9.17) is 15.2 Å². The second-order valence-corrected chi connectivity index (χ2v) is 6.45. The van der Waals surface area contributed by atoms with Gasteiger partial charge in [-0.2, -0.15) is 0 Å². The van der Waals surface area contributed by atoms with Crippen molar-refractivity contribution in [1.29, 1.82) is 0 Å². The first-order chi connectivity index (χ1) is 12.2. The Kier molecular flexibility index (Phi) is 8.01. The Morgan fingerprint density at radius 2 is 1.80 bits per heavy atom. The lowest BCUT2D eigenvalue weighted by Crippen LogP contribution is -2.36. The summed E-state index contributed by atoms with van der Waals surface area (Å²) in [6.45, 7) is 4.41. The molecule has 2 N–H and O–H groups in total. The molecule has 140 valence electrons. The van der Waals surface area contributed by atoms with E-state index < -0.39 is 0 Å². The number of ether oxygens (including phenoxy) is 2. The molecule has 1 aliphatic heterocycles. The topological polar surface area (TPSA) is 68.0 Å². The summed E-state index contributed by atoms with van der Waals surface area (Å²) in [4.78, 5) is 16.6. The summed E-state index contributed by atoms with van der Waals surface area (Å²) in [5.74, 6) is 0.122. The maximum Gasteiger partial charge on any atom is 0.223 e. The average Bonchev–Trinajstić information content (AvgIpc) is 3.14. The van der Waals surface area contributed by atoms with Crippen LogP contribution in [-0.4, -0.2) is 64.4 Å². The maximum absolute atomic E-state index is 12.5. The Hall–Kier alpha value is -1.79. The molecule has 1 fully saturated rings. The molecule has 1 amide bonds. The zero-order valence-electron chi connectivity index (χ0n) is 15.5. The van der Waals surface area contributed by atoms with Crippen LogP contribution in [0, 0.1) is 0 Å². The van der Waals surface area contributed by atoms with Gasteiger partial charge in [0.2, 0.25) is 5.91 Å². The smallest absolute Gasteiger partial charge is 0.223 e. The van der Waals surface area contributed by atoms with Gasteiger partial charge in [-0.1, -0.05) is 6.07 Å². The van der Waals surface area contributed by atoms with Crippen LogP contribution in [0.15, 0.2) is 18.2 Å².